The van der Waals surface area contributed by atoms with Crippen molar-refractivity contribution in [2.45, 2.75) is 25.0 Å². The Bertz CT molecular complexity index is 425. The zero-order valence-corrected chi connectivity index (χ0v) is 11.1. The first-order valence-electron chi connectivity index (χ1n) is 5.25. The van der Waals surface area contributed by atoms with Crippen LogP contribution in [0.2, 0.25) is 0 Å². The molecule has 0 bridgehead atoms. The van der Waals surface area contributed by atoms with Crippen LogP contribution in [0, 0.1) is 0 Å². The molecule has 0 heterocycles. The van der Waals surface area contributed by atoms with Crippen LogP contribution < -0.4 is 4.74 Å². The molecule has 0 radical (unpaired) electrons. The van der Waals surface area contributed by atoms with E-state index in [1.807, 2.05) is 0 Å². The van der Waals surface area contributed by atoms with E-state index in [1.54, 1.807) is 0 Å². The minimum Gasteiger partial charge on any atom is -0.508 e. The van der Waals surface area contributed by atoms with Crippen LogP contribution in [0.15, 0.2) is 18.2 Å². The predicted octanol–water partition coefficient (Wildman–Crippen LogP) is 2.47. The molecule has 2 unspecified atom stereocenters. The van der Waals surface area contributed by atoms with Gasteiger partial charge in [0.2, 0.25) is 0 Å². The quantitative estimate of drug-likeness (QED) is 0.717. The minimum atomic E-state index is -4.92. The summed E-state index contributed by atoms with van der Waals surface area (Å²) < 4.78 is 40.3. The number of phenolic OH excluding ortho intramolecular Hbond substituents is 1. The summed E-state index contributed by atoms with van der Waals surface area (Å²) in [5, 5.41) is 29.0. The first-order chi connectivity index (χ1) is 8.74. The molecule has 108 valence electrons. The van der Waals surface area contributed by atoms with Gasteiger partial charge in [-0.1, -0.05) is 15.9 Å². The topological polar surface area (TPSA) is 69.9 Å². The number of ether oxygens (including phenoxy) is 1. The van der Waals surface area contributed by atoms with Crippen molar-refractivity contribution in [2.75, 3.05) is 5.33 Å². The summed E-state index contributed by atoms with van der Waals surface area (Å²) in [7, 11) is 0. The fourth-order valence-corrected chi connectivity index (χ4v) is 1.93. The number of aliphatic hydroxyl groups excluding tert-OH is 2. The lowest BCUT2D eigenvalue weighted by Crippen LogP contribution is -2.22. The van der Waals surface area contributed by atoms with Gasteiger partial charge in [-0.3, -0.25) is 0 Å². The first kappa shape index (κ1) is 16.1. The molecule has 2 atom stereocenters. The molecule has 19 heavy (non-hydrogen) atoms. The Morgan fingerprint density at radius 1 is 1.26 bits per heavy atom. The van der Waals surface area contributed by atoms with Gasteiger partial charge in [0.1, 0.15) is 17.6 Å². The van der Waals surface area contributed by atoms with Gasteiger partial charge in [0, 0.05) is 10.9 Å². The van der Waals surface area contributed by atoms with Crippen molar-refractivity contribution in [3.63, 3.8) is 0 Å². The SMILES string of the molecule is Oc1ccc(OC(F)(F)F)c(C(O)C(O)CCBr)c1. The lowest BCUT2D eigenvalue weighted by atomic mass is 10.0. The highest BCUT2D eigenvalue weighted by atomic mass is 79.9. The van der Waals surface area contributed by atoms with Gasteiger partial charge < -0.3 is 20.1 Å². The standard InChI is InChI=1S/C11H12BrF3O4/c12-4-3-8(17)10(18)7-5-6(16)1-2-9(7)19-11(13,14)15/h1-2,5,8,10,16-18H,3-4H2. The minimum absolute atomic E-state index is 0.127. The average molecular weight is 345 g/mol. The second-order valence-corrected chi connectivity index (χ2v) is 4.55. The maximum absolute atomic E-state index is 12.2. The number of rotatable bonds is 5. The van der Waals surface area contributed by atoms with Gasteiger partial charge in [0.05, 0.1) is 6.10 Å². The Morgan fingerprint density at radius 3 is 2.42 bits per heavy atom. The zero-order chi connectivity index (χ0) is 14.6. The smallest absolute Gasteiger partial charge is 0.508 e. The van der Waals surface area contributed by atoms with Crippen LogP contribution in [0.4, 0.5) is 13.2 Å². The van der Waals surface area contributed by atoms with E-state index < -0.39 is 24.3 Å². The van der Waals surface area contributed by atoms with Gasteiger partial charge >= 0.3 is 6.36 Å². The summed E-state index contributed by atoms with van der Waals surface area (Å²) >= 11 is 3.04. The second kappa shape index (κ2) is 6.44. The van der Waals surface area contributed by atoms with E-state index in [0.717, 1.165) is 18.2 Å². The second-order valence-electron chi connectivity index (χ2n) is 3.76. The van der Waals surface area contributed by atoms with Crippen LogP contribution in [-0.4, -0.2) is 33.1 Å². The summed E-state index contributed by atoms with van der Waals surface area (Å²) in [5.41, 5.74) is -0.328. The van der Waals surface area contributed by atoms with Crippen molar-refractivity contribution in [1.29, 1.82) is 0 Å². The lowest BCUT2D eigenvalue weighted by Gasteiger charge is -2.21. The third-order valence-corrected chi connectivity index (χ3v) is 2.76. The number of aromatic hydroxyl groups is 1. The number of benzene rings is 1. The Hall–Kier alpha value is -0.990. The van der Waals surface area contributed by atoms with Crippen LogP contribution in [0.1, 0.15) is 18.1 Å². The number of hydrogen-bond acceptors (Lipinski definition) is 4. The van der Waals surface area contributed by atoms with Crippen LogP contribution in [0.3, 0.4) is 0 Å². The molecular weight excluding hydrogens is 333 g/mol. The third kappa shape index (κ3) is 4.88. The van der Waals surface area contributed by atoms with Crippen molar-refractivity contribution >= 4 is 15.9 Å². The van der Waals surface area contributed by atoms with Gasteiger partial charge in [-0.15, -0.1) is 13.2 Å². The summed E-state index contributed by atoms with van der Waals surface area (Å²) in [6.07, 6.45) is -7.67. The number of phenols is 1. The highest BCUT2D eigenvalue weighted by Crippen LogP contribution is 2.34. The van der Waals surface area contributed by atoms with Gasteiger partial charge in [-0.25, -0.2) is 0 Å². The van der Waals surface area contributed by atoms with Gasteiger partial charge in [0.25, 0.3) is 0 Å². The lowest BCUT2D eigenvalue weighted by molar-refractivity contribution is -0.275. The molecule has 4 nitrogen and oxygen atoms in total. The van der Waals surface area contributed by atoms with Crippen LogP contribution >= 0.6 is 15.9 Å². The molecule has 8 heteroatoms. The fraction of sp³-hybridized carbons (Fsp3) is 0.455. The largest absolute Gasteiger partial charge is 0.573 e. The number of halogens is 4. The average Bonchev–Trinajstić information content (AvgIpc) is 2.29. The summed E-state index contributed by atoms with van der Waals surface area (Å²) in [5.74, 6) is -0.999. The maximum atomic E-state index is 12.2. The number of alkyl halides is 4. The van der Waals surface area contributed by atoms with E-state index in [4.69, 9.17) is 0 Å². The maximum Gasteiger partial charge on any atom is 0.573 e. The Kier molecular flexibility index (Phi) is 5.45. The summed E-state index contributed by atoms with van der Waals surface area (Å²) in [6.45, 7) is 0. The monoisotopic (exact) mass is 344 g/mol. The molecule has 0 aliphatic carbocycles. The van der Waals surface area contributed by atoms with Gasteiger partial charge in [-0.05, 0) is 24.6 Å². The highest BCUT2D eigenvalue weighted by molar-refractivity contribution is 9.09. The molecule has 0 fully saturated rings. The Balaban J connectivity index is 3.06. The van der Waals surface area contributed by atoms with E-state index in [-0.39, 0.29) is 17.7 Å². The molecule has 1 aromatic rings. The predicted molar refractivity (Wildman–Crippen MR) is 64.2 cm³/mol. The summed E-state index contributed by atoms with van der Waals surface area (Å²) in [4.78, 5) is 0. The molecule has 0 spiro atoms. The van der Waals surface area contributed by atoms with E-state index >= 15 is 0 Å². The van der Waals surface area contributed by atoms with E-state index in [1.165, 1.54) is 0 Å². The normalized spacial score (nSPS) is 15.1. The molecular formula is C11H12BrF3O4. The zero-order valence-electron chi connectivity index (χ0n) is 9.56. The van der Waals surface area contributed by atoms with Crippen molar-refractivity contribution in [2.24, 2.45) is 0 Å². The highest BCUT2D eigenvalue weighted by Gasteiger charge is 2.33. The van der Waals surface area contributed by atoms with Gasteiger partial charge in [-0.2, -0.15) is 0 Å². The molecule has 0 aliphatic rings. The first-order valence-corrected chi connectivity index (χ1v) is 6.37. The van der Waals surface area contributed by atoms with Gasteiger partial charge in [0.15, 0.2) is 0 Å². The van der Waals surface area contributed by atoms with Crippen LogP contribution in [0.25, 0.3) is 0 Å². The molecule has 0 amide bonds. The molecule has 0 aromatic heterocycles. The fourth-order valence-electron chi connectivity index (χ4n) is 1.46. The van der Waals surface area contributed by atoms with Crippen molar-refractivity contribution < 1.29 is 33.2 Å². The summed E-state index contributed by atoms with van der Waals surface area (Å²) in [6, 6.07) is 2.79. The third-order valence-electron chi connectivity index (χ3n) is 2.31. The van der Waals surface area contributed by atoms with Crippen molar-refractivity contribution in [3.8, 4) is 11.5 Å². The molecule has 0 saturated carbocycles. The molecule has 0 aliphatic heterocycles. The van der Waals surface area contributed by atoms with Crippen molar-refractivity contribution in [1.82, 2.24) is 0 Å². The van der Waals surface area contributed by atoms with E-state index in [2.05, 4.69) is 20.7 Å². The molecule has 0 saturated heterocycles. The number of aliphatic hydroxyl groups is 2. The number of hydrogen-bond donors (Lipinski definition) is 3. The van der Waals surface area contributed by atoms with E-state index in [9.17, 15) is 28.5 Å². The molecule has 1 aromatic carbocycles. The van der Waals surface area contributed by atoms with Crippen LogP contribution in [-0.2, 0) is 0 Å². The van der Waals surface area contributed by atoms with Crippen LogP contribution in [0.5, 0.6) is 11.5 Å². The molecule has 3 N–H and O–H groups in total. The Morgan fingerprint density at radius 2 is 1.89 bits per heavy atom. The van der Waals surface area contributed by atoms with E-state index in [0.29, 0.717) is 5.33 Å². The Labute approximate surface area is 115 Å². The molecule has 1 rings (SSSR count). The van der Waals surface area contributed by atoms with Crippen molar-refractivity contribution in [3.05, 3.63) is 23.8 Å².